The maximum Gasteiger partial charge on any atom is 0.260 e. The molecule has 2 aliphatic rings. The molecular formula is C16H21ClN2O4. The zero-order valence-electron chi connectivity index (χ0n) is 12.8. The number of rotatable bonds is 5. The minimum absolute atomic E-state index is 0.000756. The molecule has 0 radical (unpaired) electrons. The van der Waals surface area contributed by atoms with E-state index >= 15 is 0 Å². The Labute approximate surface area is 139 Å². The highest BCUT2D eigenvalue weighted by Crippen LogP contribution is 2.27. The summed E-state index contributed by atoms with van der Waals surface area (Å²) in [5.41, 5.74) is -0.462. The first-order valence-electron chi connectivity index (χ1n) is 8.02. The van der Waals surface area contributed by atoms with Crippen molar-refractivity contribution in [1.82, 2.24) is 10.3 Å². The zero-order valence-corrected chi connectivity index (χ0v) is 13.6. The van der Waals surface area contributed by atoms with Crippen LogP contribution in [0.25, 0.3) is 0 Å². The lowest BCUT2D eigenvalue weighted by atomic mass is 9.86. The number of hydrogen-bond donors (Lipinski definition) is 2. The van der Waals surface area contributed by atoms with Gasteiger partial charge in [-0.3, -0.25) is 9.59 Å². The van der Waals surface area contributed by atoms with Gasteiger partial charge in [-0.1, -0.05) is 18.0 Å². The van der Waals surface area contributed by atoms with Crippen LogP contribution in [-0.4, -0.2) is 42.9 Å². The number of carbonyl (C=O) groups excluding carboxylic acids is 1. The number of ether oxygens (including phenoxy) is 2. The SMILES string of the molecule is O=C(N[C@@H]1COCC[C@@H]1OCC1CCC1)c1cc(Cl)c[nH]c1=O. The van der Waals surface area contributed by atoms with Crippen LogP contribution in [0, 0.1) is 5.92 Å². The summed E-state index contributed by atoms with van der Waals surface area (Å²) >= 11 is 5.84. The minimum atomic E-state index is -0.462. The fourth-order valence-corrected chi connectivity index (χ4v) is 3.01. The summed E-state index contributed by atoms with van der Waals surface area (Å²) in [5.74, 6) is 0.187. The second-order valence-corrected chi connectivity index (χ2v) is 6.61. The third-order valence-electron chi connectivity index (χ3n) is 4.49. The van der Waals surface area contributed by atoms with E-state index in [-0.39, 0.29) is 17.7 Å². The molecule has 1 saturated heterocycles. The molecule has 7 heteroatoms. The molecule has 3 rings (SSSR count). The topological polar surface area (TPSA) is 80.4 Å². The van der Waals surface area contributed by atoms with E-state index in [2.05, 4.69) is 10.3 Å². The van der Waals surface area contributed by atoms with Gasteiger partial charge >= 0.3 is 0 Å². The molecule has 23 heavy (non-hydrogen) atoms. The molecule has 2 fully saturated rings. The fourth-order valence-electron chi connectivity index (χ4n) is 2.84. The third-order valence-corrected chi connectivity index (χ3v) is 4.71. The molecule has 0 unspecified atom stereocenters. The van der Waals surface area contributed by atoms with Gasteiger partial charge in [0.25, 0.3) is 11.5 Å². The van der Waals surface area contributed by atoms with E-state index in [9.17, 15) is 9.59 Å². The third kappa shape index (κ3) is 4.13. The van der Waals surface area contributed by atoms with Gasteiger partial charge in [0.2, 0.25) is 0 Å². The highest BCUT2D eigenvalue weighted by molar-refractivity contribution is 6.30. The van der Waals surface area contributed by atoms with Crippen molar-refractivity contribution in [3.05, 3.63) is 33.2 Å². The van der Waals surface area contributed by atoms with Crippen LogP contribution in [0.2, 0.25) is 5.02 Å². The molecular weight excluding hydrogens is 320 g/mol. The first-order valence-corrected chi connectivity index (χ1v) is 8.39. The van der Waals surface area contributed by atoms with Crippen LogP contribution < -0.4 is 10.9 Å². The highest BCUT2D eigenvalue weighted by Gasteiger charge is 2.30. The number of nitrogens with one attached hydrogen (secondary N) is 2. The molecule has 6 nitrogen and oxygen atoms in total. The van der Waals surface area contributed by atoms with E-state index in [0.717, 1.165) is 13.0 Å². The summed E-state index contributed by atoms with van der Waals surface area (Å²) in [6.07, 6.45) is 5.74. The number of pyridine rings is 1. The average Bonchev–Trinajstić information content (AvgIpc) is 2.49. The van der Waals surface area contributed by atoms with Crippen LogP contribution in [0.4, 0.5) is 0 Å². The van der Waals surface area contributed by atoms with Gasteiger partial charge in [0.05, 0.1) is 23.8 Å². The van der Waals surface area contributed by atoms with Crippen LogP contribution >= 0.6 is 11.6 Å². The van der Waals surface area contributed by atoms with E-state index in [4.69, 9.17) is 21.1 Å². The molecule has 1 aliphatic carbocycles. The molecule has 1 aromatic heterocycles. The molecule has 2 N–H and O–H groups in total. The van der Waals surface area contributed by atoms with Crippen molar-refractivity contribution in [3.8, 4) is 0 Å². The largest absolute Gasteiger partial charge is 0.379 e. The van der Waals surface area contributed by atoms with E-state index < -0.39 is 11.5 Å². The van der Waals surface area contributed by atoms with Crippen LogP contribution in [0.5, 0.6) is 0 Å². The number of halogens is 1. The molecule has 0 bridgehead atoms. The zero-order chi connectivity index (χ0) is 16.2. The molecule has 126 valence electrons. The normalized spacial score (nSPS) is 24.9. The van der Waals surface area contributed by atoms with Crippen molar-refractivity contribution in [2.75, 3.05) is 19.8 Å². The van der Waals surface area contributed by atoms with Crippen LogP contribution in [0.1, 0.15) is 36.0 Å². The molecule has 1 aromatic rings. The molecule has 1 saturated carbocycles. The number of amides is 1. The Balaban J connectivity index is 1.62. The van der Waals surface area contributed by atoms with Crippen LogP contribution in [0.3, 0.4) is 0 Å². The molecule has 0 spiro atoms. The van der Waals surface area contributed by atoms with E-state index in [1.54, 1.807) is 0 Å². The Morgan fingerprint density at radius 2 is 2.26 bits per heavy atom. The van der Waals surface area contributed by atoms with Gasteiger partial charge < -0.3 is 19.8 Å². The van der Waals surface area contributed by atoms with Gasteiger partial charge in [0, 0.05) is 19.4 Å². The van der Waals surface area contributed by atoms with Crippen molar-refractivity contribution < 1.29 is 14.3 Å². The van der Waals surface area contributed by atoms with Crippen molar-refractivity contribution in [2.45, 2.75) is 37.8 Å². The van der Waals surface area contributed by atoms with Gasteiger partial charge in [-0.25, -0.2) is 0 Å². The predicted molar refractivity (Wildman–Crippen MR) is 85.8 cm³/mol. The fraction of sp³-hybridized carbons (Fsp3) is 0.625. The minimum Gasteiger partial charge on any atom is -0.379 e. The summed E-state index contributed by atoms with van der Waals surface area (Å²) in [4.78, 5) is 26.5. The molecule has 1 amide bonds. The molecule has 2 heterocycles. The van der Waals surface area contributed by atoms with Crippen molar-refractivity contribution in [3.63, 3.8) is 0 Å². The monoisotopic (exact) mass is 340 g/mol. The van der Waals surface area contributed by atoms with Crippen molar-refractivity contribution in [2.24, 2.45) is 5.92 Å². The Morgan fingerprint density at radius 1 is 1.43 bits per heavy atom. The average molecular weight is 341 g/mol. The molecule has 1 aliphatic heterocycles. The van der Waals surface area contributed by atoms with Crippen LogP contribution in [0.15, 0.2) is 17.1 Å². The number of aromatic nitrogens is 1. The molecule has 2 atom stereocenters. The first-order chi connectivity index (χ1) is 11.1. The summed E-state index contributed by atoms with van der Waals surface area (Å²) in [5, 5.41) is 3.16. The summed E-state index contributed by atoms with van der Waals surface area (Å²) in [6, 6.07) is 1.11. The Kier molecular flexibility index (Phi) is 5.35. The smallest absolute Gasteiger partial charge is 0.260 e. The quantitative estimate of drug-likeness (QED) is 0.855. The number of H-pyrrole nitrogens is 1. The lowest BCUT2D eigenvalue weighted by molar-refractivity contribution is -0.0696. The summed E-state index contributed by atoms with van der Waals surface area (Å²) in [6.45, 7) is 1.74. The Bertz CT molecular complexity index is 614. The Hall–Kier alpha value is -1.37. The van der Waals surface area contributed by atoms with Gasteiger partial charge in [-0.2, -0.15) is 0 Å². The van der Waals surface area contributed by atoms with Crippen molar-refractivity contribution >= 4 is 17.5 Å². The van der Waals surface area contributed by atoms with E-state index in [0.29, 0.717) is 24.2 Å². The number of aromatic amines is 1. The van der Waals surface area contributed by atoms with E-state index in [1.165, 1.54) is 31.5 Å². The van der Waals surface area contributed by atoms with Gasteiger partial charge in [-0.05, 0) is 31.2 Å². The van der Waals surface area contributed by atoms with Crippen LogP contribution in [-0.2, 0) is 9.47 Å². The first kappa shape index (κ1) is 16.5. The maximum atomic E-state index is 12.3. The lowest BCUT2D eigenvalue weighted by Gasteiger charge is -2.34. The van der Waals surface area contributed by atoms with E-state index in [1.807, 2.05) is 0 Å². The van der Waals surface area contributed by atoms with Gasteiger partial charge in [-0.15, -0.1) is 0 Å². The summed E-state index contributed by atoms with van der Waals surface area (Å²) < 4.78 is 11.4. The van der Waals surface area contributed by atoms with Gasteiger partial charge in [0.1, 0.15) is 5.56 Å². The predicted octanol–water partition coefficient (Wildman–Crippen LogP) is 1.73. The maximum absolute atomic E-state index is 12.3. The highest BCUT2D eigenvalue weighted by atomic mass is 35.5. The van der Waals surface area contributed by atoms with Crippen molar-refractivity contribution in [1.29, 1.82) is 0 Å². The Morgan fingerprint density at radius 3 is 3.00 bits per heavy atom. The number of hydrogen-bond acceptors (Lipinski definition) is 4. The second kappa shape index (κ2) is 7.47. The van der Waals surface area contributed by atoms with Gasteiger partial charge in [0.15, 0.2) is 0 Å². The molecule has 0 aromatic carbocycles. The standard InChI is InChI=1S/C16H21ClN2O4/c17-11-6-12(15(20)18-7-11)16(21)19-13-9-22-5-4-14(13)23-8-10-2-1-3-10/h6-7,10,13-14H,1-5,8-9H2,(H,18,20)(H,19,21)/t13-,14+/m1/s1. The second-order valence-electron chi connectivity index (χ2n) is 6.17. The lowest BCUT2D eigenvalue weighted by Crippen LogP contribution is -2.51. The summed E-state index contributed by atoms with van der Waals surface area (Å²) in [7, 11) is 0. The number of carbonyl (C=O) groups is 1.